The maximum absolute atomic E-state index is 12.8. The highest BCUT2D eigenvalue weighted by Crippen LogP contribution is 2.41. The number of methoxy groups -OCH3 is 1. The molecule has 2 aromatic heterocycles. The average Bonchev–Trinajstić information content (AvgIpc) is 3.30. The normalized spacial score (nSPS) is 13.4. The number of ether oxygens (including phenoxy) is 1. The fourth-order valence-corrected chi connectivity index (χ4v) is 3.89. The molecule has 0 unspecified atom stereocenters. The summed E-state index contributed by atoms with van der Waals surface area (Å²) in [5.74, 6) is 1.55. The molecule has 1 amide bonds. The van der Waals surface area contributed by atoms with Gasteiger partial charge in [0.25, 0.3) is 5.91 Å². The number of carbonyl (C=O) groups is 1. The summed E-state index contributed by atoms with van der Waals surface area (Å²) in [6.45, 7) is 2.41. The number of thiazole rings is 1. The summed E-state index contributed by atoms with van der Waals surface area (Å²) >= 11 is 1.72. The third kappa shape index (κ3) is 3.80. The lowest BCUT2D eigenvalue weighted by atomic mass is 10.2. The Labute approximate surface area is 161 Å². The first kappa shape index (κ1) is 17.5. The van der Waals surface area contributed by atoms with Crippen LogP contribution in [0.15, 0.2) is 30.5 Å². The Balaban J connectivity index is 1.47. The molecule has 4 rings (SSSR count). The van der Waals surface area contributed by atoms with Crippen LogP contribution < -0.4 is 15.4 Å². The summed E-state index contributed by atoms with van der Waals surface area (Å²) in [6, 6.07) is 7.31. The Morgan fingerprint density at radius 3 is 2.96 bits per heavy atom. The lowest BCUT2D eigenvalue weighted by molar-refractivity contribution is 0.102. The number of aromatic amines is 1. The third-order valence-corrected chi connectivity index (χ3v) is 5.62. The molecule has 1 aliphatic rings. The summed E-state index contributed by atoms with van der Waals surface area (Å²) in [6.07, 6.45) is 4.39. The van der Waals surface area contributed by atoms with E-state index < -0.39 is 0 Å². The van der Waals surface area contributed by atoms with Gasteiger partial charge in [-0.05, 0) is 31.9 Å². The summed E-state index contributed by atoms with van der Waals surface area (Å²) < 4.78 is 5.30. The zero-order valence-corrected chi connectivity index (χ0v) is 16.0. The van der Waals surface area contributed by atoms with E-state index in [1.165, 1.54) is 17.8 Å². The highest BCUT2D eigenvalue weighted by molar-refractivity contribution is 7.11. The zero-order valence-electron chi connectivity index (χ0n) is 15.2. The second-order valence-corrected chi connectivity index (χ2v) is 7.67. The standard InChI is InChI=1S/C19H21N5O2S/c1-11-16(18(25)22-14-5-3-4-6-15(14)26-2)17(24-23-11)20-9-13-10-21-19(27-13)12-7-8-12/h3-6,10,12H,7-9H2,1-2H3,(H,22,25)(H2,20,23,24). The van der Waals surface area contributed by atoms with Crippen LogP contribution in [0.25, 0.3) is 0 Å². The van der Waals surface area contributed by atoms with Crippen LogP contribution in [0.4, 0.5) is 11.5 Å². The monoisotopic (exact) mass is 383 g/mol. The van der Waals surface area contributed by atoms with Gasteiger partial charge in [-0.2, -0.15) is 5.10 Å². The van der Waals surface area contributed by atoms with Crippen molar-refractivity contribution < 1.29 is 9.53 Å². The molecule has 27 heavy (non-hydrogen) atoms. The van der Waals surface area contributed by atoms with Crippen LogP contribution in [0.1, 0.15) is 44.7 Å². The van der Waals surface area contributed by atoms with Crippen LogP contribution in [0.3, 0.4) is 0 Å². The number of rotatable bonds is 7. The van der Waals surface area contributed by atoms with E-state index in [9.17, 15) is 4.79 Å². The van der Waals surface area contributed by atoms with E-state index in [0.29, 0.717) is 41.0 Å². The van der Waals surface area contributed by atoms with Crippen molar-refractivity contribution in [3.63, 3.8) is 0 Å². The quantitative estimate of drug-likeness (QED) is 0.575. The number of aromatic nitrogens is 3. The maximum Gasteiger partial charge on any atom is 0.261 e. The average molecular weight is 383 g/mol. The van der Waals surface area contributed by atoms with Gasteiger partial charge in [-0.1, -0.05) is 12.1 Å². The van der Waals surface area contributed by atoms with E-state index in [-0.39, 0.29) is 5.91 Å². The number of para-hydroxylation sites is 2. The van der Waals surface area contributed by atoms with Crippen molar-refractivity contribution >= 4 is 28.7 Å². The largest absolute Gasteiger partial charge is 0.495 e. The Morgan fingerprint density at radius 1 is 1.37 bits per heavy atom. The molecular formula is C19H21N5O2S. The first-order chi connectivity index (χ1) is 13.2. The van der Waals surface area contributed by atoms with Crippen LogP contribution in [-0.2, 0) is 6.54 Å². The Hall–Kier alpha value is -2.87. The lowest BCUT2D eigenvalue weighted by Crippen LogP contribution is -2.15. The van der Waals surface area contributed by atoms with Crippen LogP contribution >= 0.6 is 11.3 Å². The zero-order chi connectivity index (χ0) is 18.8. The highest BCUT2D eigenvalue weighted by atomic mass is 32.1. The van der Waals surface area contributed by atoms with Crippen molar-refractivity contribution in [3.05, 3.63) is 51.6 Å². The topological polar surface area (TPSA) is 91.9 Å². The first-order valence-corrected chi connectivity index (χ1v) is 9.65. The third-order valence-electron chi connectivity index (χ3n) is 4.46. The van der Waals surface area contributed by atoms with Crippen molar-refractivity contribution in [1.82, 2.24) is 15.2 Å². The second-order valence-electron chi connectivity index (χ2n) is 6.52. The van der Waals surface area contributed by atoms with Crippen molar-refractivity contribution in [2.45, 2.75) is 32.2 Å². The van der Waals surface area contributed by atoms with E-state index in [1.54, 1.807) is 30.6 Å². The molecule has 1 saturated carbocycles. The van der Waals surface area contributed by atoms with Gasteiger partial charge < -0.3 is 15.4 Å². The molecule has 0 atom stereocenters. The molecule has 3 N–H and O–H groups in total. The molecule has 0 saturated heterocycles. The molecule has 0 bridgehead atoms. The van der Waals surface area contributed by atoms with Gasteiger partial charge in [0.2, 0.25) is 0 Å². The number of nitrogens with one attached hydrogen (secondary N) is 3. The number of amides is 1. The van der Waals surface area contributed by atoms with Gasteiger partial charge in [-0.3, -0.25) is 9.89 Å². The van der Waals surface area contributed by atoms with Gasteiger partial charge in [-0.15, -0.1) is 11.3 Å². The smallest absolute Gasteiger partial charge is 0.261 e. The molecule has 0 aliphatic heterocycles. The minimum Gasteiger partial charge on any atom is -0.495 e. The van der Waals surface area contributed by atoms with Gasteiger partial charge in [-0.25, -0.2) is 4.98 Å². The molecule has 140 valence electrons. The number of H-pyrrole nitrogens is 1. The SMILES string of the molecule is COc1ccccc1NC(=O)c1c(NCc2cnc(C3CC3)s2)n[nH]c1C. The second kappa shape index (κ2) is 7.40. The fraction of sp³-hybridized carbons (Fsp3) is 0.316. The van der Waals surface area contributed by atoms with Crippen molar-refractivity contribution in [2.75, 3.05) is 17.7 Å². The number of carbonyl (C=O) groups excluding carboxylic acids is 1. The molecule has 0 radical (unpaired) electrons. The summed E-state index contributed by atoms with van der Waals surface area (Å²) in [7, 11) is 1.58. The number of nitrogens with zero attached hydrogens (tertiary/aromatic N) is 2. The minimum atomic E-state index is -0.240. The number of anilines is 2. The fourth-order valence-electron chi connectivity index (χ4n) is 2.86. The number of aryl methyl sites for hydroxylation is 1. The van der Waals surface area contributed by atoms with Gasteiger partial charge in [0.05, 0.1) is 24.3 Å². The van der Waals surface area contributed by atoms with Gasteiger partial charge in [0.15, 0.2) is 5.82 Å². The minimum absolute atomic E-state index is 0.240. The molecule has 8 heteroatoms. The van der Waals surface area contributed by atoms with Gasteiger partial charge in [0, 0.05) is 22.7 Å². The highest BCUT2D eigenvalue weighted by Gasteiger charge is 2.26. The van der Waals surface area contributed by atoms with Crippen LogP contribution in [0.5, 0.6) is 5.75 Å². The van der Waals surface area contributed by atoms with Crippen molar-refractivity contribution in [3.8, 4) is 5.75 Å². The van der Waals surface area contributed by atoms with Crippen molar-refractivity contribution in [2.24, 2.45) is 0 Å². The van der Waals surface area contributed by atoms with Gasteiger partial charge in [0.1, 0.15) is 11.3 Å². The number of benzene rings is 1. The van der Waals surface area contributed by atoms with Crippen molar-refractivity contribution in [1.29, 1.82) is 0 Å². The van der Waals surface area contributed by atoms with Crippen LogP contribution in [0.2, 0.25) is 0 Å². The Bertz CT molecular complexity index is 961. The number of hydrogen-bond acceptors (Lipinski definition) is 6. The molecule has 1 fully saturated rings. The Morgan fingerprint density at radius 2 is 2.19 bits per heavy atom. The van der Waals surface area contributed by atoms with Crippen LogP contribution in [0, 0.1) is 6.92 Å². The summed E-state index contributed by atoms with van der Waals surface area (Å²) in [5, 5.41) is 14.5. The Kier molecular flexibility index (Phi) is 4.81. The predicted molar refractivity (Wildman–Crippen MR) is 106 cm³/mol. The maximum atomic E-state index is 12.8. The summed E-state index contributed by atoms with van der Waals surface area (Å²) in [5.41, 5.74) is 1.81. The molecular weight excluding hydrogens is 362 g/mol. The summed E-state index contributed by atoms with van der Waals surface area (Å²) in [4.78, 5) is 18.4. The molecule has 2 heterocycles. The van der Waals surface area contributed by atoms with Crippen LogP contribution in [-0.4, -0.2) is 28.2 Å². The first-order valence-electron chi connectivity index (χ1n) is 8.83. The number of hydrogen-bond donors (Lipinski definition) is 3. The molecule has 1 aliphatic carbocycles. The lowest BCUT2D eigenvalue weighted by Gasteiger charge is -2.10. The van der Waals surface area contributed by atoms with E-state index in [2.05, 4.69) is 25.8 Å². The van der Waals surface area contributed by atoms with Gasteiger partial charge >= 0.3 is 0 Å². The molecule has 0 spiro atoms. The van der Waals surface area contributed by atoms with E-state index in [0.717, 1.165) is 4.88 Å². The van der Waals surface area contributed by atoms with E-state index >= 15 is 0 Å². The molecule has 1 aromatic carbocycles. The predicted octanol–water partition coefficient (Wildman–Crippen LogP) is 3.93. The van der Waals surface area contributed by atoms with E-state index in [4.69, 9.17) is 4.74 Å². The molecule has 3 aromatic rings. The van der Waals surface area contributed by atoms with E-state index in [1.807, 2.05) is 25.3 Å². The molecule has 7 nitrogen and oxygen atoms in total.